The summed E-state index contributed by atoms with van der Waals surface area (Å²) in [4.78, 5) is 0. The van der Waals surface area contributed by atoms with Crippen LogP contribution in [-0.2, 0) is 0 Å². The van der Waals surface area contributed by atoms with Gasteiger partial charge in [0.05, 0.1) is 11.4 Å². The van der Waals surface area contributed by atoms with Crippen molar-refractivity contribution < 1.29 is 5.11 Å². The second kappa shape index (κ2) is 13.3. The molecule has 7 heteroatoms. The molecule has 1 rings (SSSR count). The third kappa shape index (κ3) is 7.68. The summed E-state index contributed by atoms with van der Waals surface area (Å²) in [5, 5.41) is 9.00. The summed E-state index contributed by atoms with van der Waals surface area (Å²) in [5.74, 6) is -0.0718. The maximum atomic E-state index is 9.00. The average molecular weight is 232 g/mol. The molecule has 0 aliphatic rings. The minimum absolute atomic E-state index is 0.0718. The maximum Gasteiger partial charge on any atom is 0.142 e. The van der Waals surface area contributed by atoms with Gasteiger partial charge in [-0.05, 0) is 27.2 Å². The Kier molecular flexibility index (Phi) is 16.5. The van der Waals surface area contributed by atoms with E-state index in [0.717, 1.165) is 0 Å². The zero-order chi connectivity index (χ0) is 13.7. The van der Waals surface area contributed by atoms with Gasteiger partial charge in [0.25, 0.3) is 0 Å². The van der Waals surface area contributed by atoms with Crippen LogP contribution in [0.2, 0.25) is 0 Å². The molecular weight excluding hydrogens is 208 g/mol. The van der Waals surface area contributed by atoms with Crippen molar-refractivity contribution >= 4 is 17.1 Å². The minimum atomic E-state index is -0.0718. The molecule has 1 aromatic carbocycles. The lowest BCUT2D eigenvalue weighted by atomic mass is 10.2. The Morgan fingerprint density at radius 1 is 0.812 bits per heavy atom. The lowest BCUT2D eigenvalue weighted by Crippen LogP contribution is -1.96. The quantitative estimate of drug-likeness (QED) is 0.218. The average Bonchev–Trinajstić information content (AvgIpc) is 2.33. The summed E-state index contributed by atoms with van der Waals surface area (Å²) in [6.07, 6.45) is 0. The number of phenols is 1. The molecule has 0 unspecified atom stereocenters. The molecule has 0 heterocycles. The van der Waals surface area contributed by atoms with Crippen LogP contribution < -0.4 is 34.4 Å². The Balaban J connectivity index is -0.000000245. The zero-order valence-corrected chi connectivity index (χ0v) is 10.1. The van der Waals surface area contributed by atoms with Crippen molar-refractivity contribution in [2.24, 2.45) is 17.2 Å². The molecule has 0 aliphatic carbocycles. The van der Waals surface area contributed by atoms with Gasteiger partial charge in [-0.2, -0.15) is 0 Å². The number of nitrogens with two attached hydrogens (primary N) is 6. The first kappa shape index (κ1) is 19.8. The van der Waals surface area contributed by atoms with E-state index in [1.54, 1.807) is 0 Å². The number of aromatic hydroxyl groups is 1. The molecule has 0 amide bonds. The molecule has 0 spiro atoms. The van der Waals surface area contributed by atoms with E-state index in [2.05, 4.69) is 17.2 Å². The first-order chi connectivity index (χ1) is 7.61. The second-order valence-corrected chi connectivity index (χ2v) is 2.04. The highest BCUT2D eigenvalue weighted by atomic mass is 16.3. The number of rotatable bonds is 0. The molecule has 0 saturated heterocycles. The van der Waals surface area contributed by atoms with Crippen LogP contribution in [0.4, 0.5) is 17.1 Å². The monoisotopic (exact) mass is 232 g/mol. The Morgan fingerprint density at radius 3 is 1.50 bits per heavy atom. The summed E-state index contributed by atoms with van der Waals surface area (Å²) >= 11 is 0. The third-order valence-electron chi connectivity index (χ3n) is 1.21. The van der Waals surface area contributed by atoms with E-state index in [4.69, 9.17) is 22.3 Å². The van der Waals surface area contributed by atoms with Gasteiger partial charge in [0, 0.05) is 11.8 Å². The van der Waals surface area contributed by atoms with E-state index in [1.165, 1.54) is 33.3 Å². The van der Waals surface area contributed by atoms with Gasteiger partial charge in [0.2, 0.25) is 0 Å². The molecule has 96 valence electrons. The normalized spacial score (nSPS) is 7.12. The van der Waals surface area contributed by atoms with Crippen LogP contribution in [0.3, 0.4) is 0 Å². The number of phenolic OH excluding ortho intramolecular Hbond substituents is 1. The summed E-state index contributed by atoms with van der Waals surface area (Å²) in [6, 6.07) is 2.85. The lowest BCUT2D eigenvalue weighted by Gasteiger charge is -2.02. The Hall–Kier alpha value is -1.70. The highest BCUT2D eigenvalue weighted by Gasteiger charge is 2.00. The van der Waals surface area contributed by atoms with Crippen LogP contribution in [0, 0.1) is 0 Å². The molecule has 0 fully saturated rings. The van der Waals surface area contributed by atoms with Gasteiger partial charge in [-0.15, -0.1) is 0 Å². The first-order valence-corrected chi connectivity index (χ1v) is 4.48. The van der Waals surface area contributed by atoms with Crippen molar-refractivity contribution in [3.8, 4) is 5.75 Å². The van der Waals surface area contributed by atoms with E-state index in [1.807, 2.05) is 0 Å². The SMILES string of the molecule is CN.CN.CN.Nc1cc(N)c(N)c(O)c1. The summed E-state index contributed by atoms with van der Waals surface area (Å²) in [5.41, 5.74) is 30.4. The summed E-state index contributed by atoms with van der Waals surface area (Å²) < 4.78 is 0. The van der Waals surface area contributed by atoms with E-state index in [9.17, 15) is 0 Å². The van der Waals surface area contributed by atoms with Crippen LogP contribution in [0.1, 0.15) is 0 Å². The van der Waals surface area contributed by atoms with E-state index in [-0.39, 0.29) is 11.4 Å². The van der Waals surface area contributed by atoms with Crippen molar-refractivity contribution in [3.05, 3.63) is 12.1 Å². The van der Waals surface area contributed by atoms with Crippen molar-refractivity contribution in [3.63, 3.8) is 0 Å². The van der Waals surface area contributed by atoms with Gasteiger partial charge in [0.15, 0.2) is 0 Å². The molecule has 1 aromatic rings. The third-order valence-corrected chi connectivity index (χ3v) is 1.21. The molecule has 0 aliphatic heterocycles. The Labute approximate surface area is 96.4 Å². The van der Waals surface area contributed by atoms with Gasteiger partial charge in [0.1, 0.15) is 5.75 Å². The molecule has 7 nitrogen and oxygen atoms in total. The second-order valence-electron chi connectivity index (χ2n) is 2.04. The van der Waals surface area contributed by atoms with Crippen LogP contribution in [-0.4, -0.2) is 26.2 Å². The smallest absolute Gasteiger partial charge is 0.142 e. The molecule has 0 radical (unpaired) electrons. The van der Waals surface area contributed by atoms with Gasteiger partial charge < -0.3 is 39.5 Å². The van der Waals surface area contributed by atoms with Crippen LogP contribution in [0.15, 0.2) is 12.1 Å². The van der Waals surface area contributed by atoms with Crippen molar-refractivity contribution in [1.82, 2.24) is 0 Å². The molecule has 16 heavy (non-hydrogen) atoms. The summed E-state index contributed by atoms with van der Waals surface area (Å²) in [6.45, 7) is 0. The molecular formula is C9H24N6O. The standard InChI is InChI=1S/C6H9N3O.3CH5N/c7-3-1-4(8)6(9)5(10)2-3;3*1-2/h1-2,10H,7-9H2;3*2H2,1H3. The largest absolute Gasteiger partial charge is 0.506 e. The van der Waals surface area contributed by atoms with Crippen molar-refractivity contribution in [1.29, 1.82) is 0 Å². The van der Waals surface area contributed by atoms with Crippen LogP contribution >= 0.6 is 0 Å². The van der Waals surface area contributed by atoms with Crippen molar-refractivity contribution in [2.75, 3.05) is 38.3 Å². The van der Waals surface area contributed by atoms with Crippen LogP contribution in [0.5, 0.6) is 5.75 Å². The maximum absolute atomic E-state index is 9.00. The van der Waals surface area contributed by atoms with E-state index in [0.29, 0.717) is 11.4 Å². The predicted molar refractivity (Wildman–Crippen MR) is 71.7 cm³/mol. The highest BCUT2D eigenvalue weighted by molar-refractivity contribution is 5.75. The zero-order valence-electron chi connectivity index (χ0n) is 10.1. The van der Waals surface area contributed by atoms with Crippen LogP contribution in [0.25, 0.3) is 0 Å². The van der Waals surface area contributed by atoms with Gasteiger partial charge >= 0.3 is 0 Å². The number of anilines is 3. The predicted octanol–water partition coefficient (Wildman–Crippen LogP) is -1.14. The van der Waals surface area contributed by atoms with Crippen molar-refractivity contribution in [2.45, 2.75) is 0 Å². The molecule has 0 bridgehead atoms. The molecule has 13 N–H and O–H groups in total. The Bertz CT molecular complexity index is 243. The number of benzene rings is 1. The fourth-order valence-corrected chi connectivity index (χ4v) is 0.682. The molecule has 0 aromatic heterocycles. The molecule has 0 atom stereocenters. The van der Waals surface area contributed by atoms with Gasteiger partial charge in [-0.1, -0.05) is 0 Å². The van der Waals surface area contributed by atoms with Gasteiger partial charge in [-0.3, -0.25) is 0 Å². The van der Waals surface area contributed by atoms with E-state index >= 15 is 0 Å². The topological polar surface area (TPSA) is 176 Å². The van der Waals surface area contributed by atoms with Gasteiger partial charge in [-0.25, -0.2) is 0 Å². The first-order valence-electron chi connectivity index (χ1n) is 4.48. The fraction of sp³-hybridized carbons (Fsp3) is 0.333. The van der Waals surface area contributed by atoms with E-state index < -0.39 is 0 Å². The number of hydrogen-bond acceptors (Lipinski definition) is 7. The summed E-state index contributed by atoms with van der Waals surface area (Å²) in [7, 11) is 4.50. The minimum Gasteiger partial charge on any atom is -0.506 e. The lowest BCUT2D eigenvalue weighted by molar-refractivity contribution is 0.478. The number of hydrogen-bond donors (Lipinski definition) is 7. The fourth-order valence-electron chi connectivity index (χ4n) is 0.682. The Morgan fingerprint density at radius 2 is 1.19 bits per heavy atom. The highest BCUT2D eigenvalue weighted by Crippen LogP contribution is 2.28. The number of nitrogen functional groups attached to an aromatic ring is 3. The molecule has 0 saturated carbocycles.